The molecule has 0 N–H and O–H groups in total. The van der Waals surface area contributed by atoms with E-state index in [1.54, 1.807) is 0 Å². The second-order valence-electron chi connectivity index (χ2n) is 5.03. The van der Waals surface area contributed by atoms with Crippen molar-refractivity contribution in [2.75, 3.05) is 7.05 Å². The number of likely N-dealkylation sites (N-methyl/N-ethyl adjacent to an activating group) is 1. The minimum Gasteiger partial charge on any atom is -0.339 e. The van der Waals surface area contributed by atoms with Gasteiger partial charge in [0.25, 0.3) is 0 Å². The maximum atomic E-state index is 12.1. The van der Waals surface area contributed by atoms with Gasteiger partial charge < -0.3 is 4.90 Å². The lowest BCUT2D eigenvalue weighted by molar-refractivity contribution is -0.130. The van der Waals surface area contributed by atoms with Gasteiger partial charge in [0, 0.05) is 7.05 Å². The molecular weight excluding hydrogens is 198 g/mol. The predicted molar refractivity (Wildman–Crippen MR) is 63.8 cm³/mol. The fourth-order valence-electron chi connectivity index (χ4n) is 3.05. The van der Waals surface area contributed by atoms with Crippen LogP contribution in [-0.4, -0.2) is 23.9 Å². The first-order valence-corrected chi connectivity index (χ1v) is 6.05. The normalized spacial score (nSPS) is 32.8. The average Bonchev–Trinajstić information content (AvgIpc) is 2.52. The minimum absolute atomic E-state index is 0.144. The molecule has 3 aliphatic rings. The second kappa shape index (κ2) is 3.34. The van der Waals surface area contributed by atoms with Crippen LogP contribution in [0.2, 0.25) is 0 Å². The predicted octanol–water partition coefficient (Wildman–Crippen LogP) is 2.44. The summed E-state index contributed by atoms with van der Waals surface area (Å²) in [6.45, 7) is 2.13. The highest BCUT2D eigenvalue weighted by atomic mass is 16.2. The molecule has 84 valence electrons. The van der Waals surface area contributed by atoms with Crippen LogP contribution in [0.1, 0.15) is 26.2 Å². The SMILES string of the molecule is CC1C2=CC3=C(CCC=C3)CC2C(=O)N1C. The van der Waals surface area contributed by atoms with E-state index in [4.69, 9.17) is 0 Å². The van der Waals surface area contributed by atoms with Crippen molar-refractivity contribution >= 4 is 5.91 Å². The van der Waals surface area contributed by atoms with Crippen LogP contribution in [0.25, 0.3) is 0 Å². The van der Waals surface area contributed by atoms with Gasteiger partial charge in [-0.05, 0) is 37.3 Å². The van der Waals surface area contributed by atoms with Gasteiger partial charge in [-0.25, -0.2) is 0 Å². The zero-order chi connectivity index (χ0) is 11.3. The van der Waals surface area contributed by atoms with Crippen LogP contribution in [-0.2, 0) is 4.79 Å². The van der Waals surface area contributed by atoms with Crippen molar-refractivity contribution in [1.29, 1.82) is 0 Å². The van der Waals surface area contributed by atoms with Gasteiger partial charge in [0.1, 0.15) is 0 Å². The Hall–Kier alpha value is -1.31. The fourth-order valence-corrected chi connectivity index (χ4v) is 3.05. The van der Waals surface area contributed by atoms with Crippen LogP contribution in [0.4, 0.5) is 0 Å². The van der Waals surface area contributed by atoms with Crippen LogP contribution in [0.3, 0.4) is 0 Å². The molecule has 2 aliphatic carbocycles. The molecule has 2 unspecified atom stereocenters. The number of rotatable bonds is 0. The molecule has 2 heteroatoms. The first-order valence-electron chi connectivity index (χ1n) is 6.05. The molecule has 1 aliphatic heterocycles. The summed E-state index contributed by atoms with van der Waals surface area (Å²) in [5.41, 5.74) is 4.16. The third-order valence-corrected chi connectivity index (χ3v) is 4.20. The van der Waals surface area contributed by atoms with Crippen LogP contribution in [0.15, 0.2) is 34.9 Å². The smallest absolute Gasteiger partial charge is 0.230 e. The van der Waals surface area contributed by atoms with Gasteiger partial charge in [0.15, 0.2) is 0 Å². The molecule has 1 fully saturated rings. The molecule has 0 aromatic heterocycles. The lowest BCUT2D eigenvalue weighted by Crippen LogP contribution is -2.27. The number of amides is 1. The lowest BCUT2D eigenvalue weighted by atomic mass is 9.80. The number of nitrogens with zero attached hydrogens (tertiary/aromatic N) is 1. The largest absolute Gasteiger partial charge is 0.339 e. The molecule has 3 rings (SSSR count). The highest BCUT2D eigenvalue weighted by Crippen LogP contribution is 2.41. The molecule has 1 saturated heterocycles. The summed E-state index contributed by atoms with van der Waals surface area (Å²) in [5, 5.41) is 0. The molecule has 16 heavy (non-hydrogen) atoms. The summed E-state index contributed by atoms with van der Waals surface area (Å²) >= 11 is 0. The Labute approximate surface area is 96.3 Å². The quantitative estimate of drug-likeness (QED) is 0.607. The van der Waals surface area contributed by atoms with Crippen LogP contribution in [0, 0.1) is 5.92 Å². The van der Waals surface area contributed by atoms with Gasteiger partial charge >= 0.3 is 0 Å². The van der Waals surface area contributed by atoms with Crippen LogP contribution >= 0.6 is 0 Å². The van der Waals surface area contributed by atoms with Crippen molar-refractivity contribution in [2.45, 2.75) is 32.2 Å². The second-order valence-corrected chi connectivity index (χ2v) is 5.03. The maximum Gasteiger partial charge on any atom is 0.230 e. The van der Waals surface area contributed by atoms with E-state index in [-0.39, 0.29) is 12.0 Å². The number of allylic oxidation sites excluding steroid dienone is 5. The Morgan fingerprint density at radius 3 is 3.06 bits per heavy atom. The van der Waals surface area contributed by atoms with E-state index in [1.807, 2.05) is 11.9 Å². The van der Waals surface area contributed by atoms with Crippen molar-refractivity contribution in [1.82, 2.24) is 4.90 Å². The van der Waals surface area contributed by atoms with Gasteiger partial charge in [0.05, 0.1) is 12.0 Å². The highest BCUT2D eigenvalue weighted by Gasteiger charge is 2.41. The Morgan fingerprint density at radius 1 is 1.44 bits per heavy atom. The molecule has 0 bridgehead atoms. The number of hydrogen-bond donors (Lipinski definition) is 0. The molecular formula is C14H17NO. The first kappa shape index (κ1) is 9.88. The van der Waals surface area contributed by atoms with Crippen molar-refractivity contribution < 1.29 is 4.79 Å². The maximum absolute atomic E-state index is 12.1. The van der Waals surface area contributed by atoms with E-state index in [0.717, 1.165) is 19.3 Å². The number of carbonyl (C=O) groups is 1. The van der Waals surface area contributed by atoms with Crippen LogP contribution in [0.5, 0.6) is 0 Å². The molecule has 0 aromatic rings. The molecule has 2 nitrogen and oxygen atoms in total. The van der Waals surface area contributed by atoms with Crippen molar-refractivity contribution in [3.8, 4) is 0 Å². The minimum atomic E-state index is 0.144. The highest BCUT2D eigenvalue weighted by molar-refractivity contribution is 5.87. The van der Waals surface area contributed by atoms with E-state index in [0.29, 0.717) is 5.91 Å². The van der Waals surface area contributed by atoms with E-state index in [2.05, 4.69) is 25.2 Å². The summed E-state index contributed by atoms with van der Waals surface area (Å²) in [7, 11) is 1.92. The van der Waals surface area contributed by atoms with Gasteiger partial charge in [-0.1, -0.05) is 23.8 Å². The van der Waals surface area contributed by atoms with Crippen molar-refractivity contribution in [3.05, 3.63) is 34.9 Å². The van der Waals surface area contributed by atoms with E-state index in [1.165, 1.54) is 16.7 Å². The fraction of sp³-hybridized carbons (Fsp3) is 0.500. The Balaban J connectivity index is 2.02. The molecule has 0 saturated carbocycles. The Bertz CT molecular complexity index is 442. The topological polar surface area (TPSA) is 20.3 Å². The monoisotopic (exact) mass is 215 g/mol. The van der Waals surface area contributed by atoms with Gasteiger partial charge in [-0.3, -0.25) is 4.79 Å². The summed E-state index contributed by atoms with van der Waals surface area (Å²) in [6.07, 6.45) is 9.94. The average molecular weight is 215 g/mol. The summed E-state index contributed by atoms with van der Waals surface area (Å²) in [4.78, 5) is 14.0. The first-order chi connectivity index (χ1) is 7.68. The molecule has 2 atom stereocenters. The zero-order valence-corrected chi connectivity index (χ0v) is 9.86. The van der Waals surface area contributed by atoms with Gasteiger partial charge in [0.2, 0.25) is 5.91 Å². The third-order valence-electron chi connectivity index (χ3n) is 4.20. The summed E-state index contributed by atoms with van der Waals surface area (Å²) in [5.74, 6) is 0.449. The van der Waals surface area contributed by atoms with Gasteiger partial charge in [-0.2, -0.15) is 0 Å². The molecule has 1 amide bonds. The molecule has 0 spiro atoms. The van der Waals surface area contributed by atoms with E-state index < -0.39 is 0 Å². The number of carbonyl (C=O) groups excluding carboxylic acids is 1. The summed E-state index contributed by atoms with van der Waals surface area (Å²) < 4.78 is 0. The number of hydrogen-bond acceptors (Lipinski definition) is 1. The molecule has 0 radical (unpaired) electrons. The van der Waals surface area contributed by atoms with Crippen molar-refractivity contribution in [3.63, 3.8) is 0 Å². The van der Waals surface area contributed by atoms with Gasteiger partial charge in [-0.15, -0.1) is 0 Å². The molecule has 0 aromatic carbocycles. The standard InChI is InChI=1S/C14H17NO/c1-9-12-7-10-5-3-4-6-11(10)8-13(12)14(16)15(9)2/h3,5,7,9,13H,4,6,8H2,1-2H3. The Kier molecular flexibility index (Phi) is 2.06. The van der Waals surface area contributed by atoms with E-state index >= 15 is 0 Å². The van der Waals surface area contributed by atoms with Crippen molar-refractivity contribution in [2.24, 2.45) is 5.92 Å². The lowest BCUT2D eigenvalue weighted by Gasteiger charge is -2.23. The molecule has 1 heterocycles. The Morgan fingerprint density at radius 2 is 2.25 bits per heavy atom. The number of fused-ring (bicyclic) bond motifs is 1. The zero-order valence-electron chi connectivity index (χ0n) is 9.86. The summed E-state index contributed by atoms with van der Waals surface area (Å²) in [6, 6.07) is 0.280. The van der Waals surface area contributed by atoms with E-state index in [9.17, 15) is 4.79 Å². The third kappa shape index (κ3) is 1.22. The van der Waals surface area contributed by atoms with Crippen LogP contribution < -0.4 is 0 Å². The number of likely N-dealkylation sites (tertiary alicyclic amines) is 1.